The Balaban J connectivity index is 2.23. The second kappa shape index (κ2) is 5.74. The lowest BCUT2D eigenvalue weighted by atomic mass is 9.90. The number of ether oxygens (including phenoxy) is 1. The van der Waals surface area contributed by atoms with Gasteiger partial charge in [-0.2, -0.15) is 0 Å². The van der Waals surface area contributed by atoms with Gasteiger partial charge < -0.3 is 4.74 Å². The quantitative estimate of drug-likeness (QED) is 0.800. The Bertz CT molecular complexity index is 437. The molecule has 2 rings (SSSR count). The van der Waals surface area contributed by atoms with E-state index in [2.05, 4.69) is 24.4 Å². The molecular formula is C16H23NO2. The Morgan fingerprint density at radius 2 is 2.00 bits per heavy atom. The summed E-state index contributed by atoms with van der Waals surface area (Å²) in [4.78, 5) is 12.1. The summed E-state index contributed by atoms with van der Waals surface area (Å²) in [5, 5.41) is 3.41. The summed E-state index contributed by atoms with van der Waals surface area (Å²) < 4.78 is 4.97. The minimum Gasteiger partial charge on any atom is -0.467 e. The van der Waals surface area contributed by atoms with Gasteiger partial charge in [-0.15, -0.1) is 0 Å². The molecule has 3 heteroatoms. The van der Waals surface area contributed by atoms with Crippen LogP contribution in [0.2, 0.25) is 0 Å². The molecule has 0 radical (unpaired) electrons. The number of carbonyl (C=O) groups excluding carboxylic acids is 1. The van der Waals surface area contributed by atoms with E-state index in [1.807, 2.05) is 19.1 Å². The summed E-state index contributed by atoms with van der Waals surface area (Å²) in [5.41, 5.74) is 1.55. The lowest BCUT2D eigenvalue weighted by Crippen LogP contribution is -2.48. The number of hydrogen-bond acceptors (Lipinski definition) is 3. The Morgan fingerprint density at radius 1 is 1.37 bits per heavy atom. The number of carbonyl (C=O) groups is 1. The van der Waals surface area contributed by atoms with E-state index < -0.39 is 5.54 Å². The maximum Gasteiger partial charge on any atom is 0.330 e. The zero-order valence-corrected chi connectivity index (χ0v) is 12.0. The molecule has 1 aliphatic rings. The van der Waals surface area contributed by atoms with Crippen LogP contribution in [0.1, 0.15) is 44.2 Å². The molecule has 104 valence electrons. The number of nitrogens with one attached hydrogen (secondary N) is 1. The summed E-state index contributed by atoms with van der Waals surface area (Å²) in [6.45, 7) is 4.08. The zero-order valence-electron chi connectivity index (χ0n) is 12.0. The first kappa shape index (κ1) is 14.1. The molecule has 0 aromatic heterocycles. The highest BCUT2D eigenvalue weighted by Gasteiger charge is 2.40. The predicted octanol–water partition coefficient (Wildman–Crippen LogP) is 2.78. The summed E-state index contributed by atoms with van der Waals surface area (Å²) in [5.74, 6) is -0.220. The highest BCUT2D eigenvalue weighted by atomic mass is 16.5. The van der Waals surface area contributed by atoms with Crippen LogP contribution in [0.25, 0.3) is 0 Å². The normalized spacial score (nSPS) is 17.8. The average Bonchev–Trinajstić information content (AvgIpc) is 3.22. The summed E-state index contributed by atoms with van der Waals surface area (Å²) >= 11 is 0. The van der Waals surface area contributed by atoms with Crippen LogP contribution < -0.4 is 5.32 Å². The summed E-state index contributed by atoms with van der Waals surface area (Å²) in [7, 11) is 1.45. The van der Waals surface area contributed by atoms with Gasteiger partial charge in [-0.05, 0) is 37.3 Å². The van der Waals surface area contributed by atoms with Crippen molar-refractivity contribution in [2.45, 2.75) is 51.1 Å². The van der Waals surface area contributed by atoms with Crippen molar-refractivity contribution in [2.24, 2.45) is 0 Å². The van der Waals surface area contributed by atoms with Crippen LogP contribution in [0.3, 0.4) is 0 Å². The molecule has 1 atom stereocenters. The van der Waals surface area contributed by atoms with Gasteiger partial charge in [-0.1, -0.05) is 37.6 Å². The molecular weight excluding hydrogens is 238 g/mol. The van der Waals surface area contributed by atoms with Crippen molar-refractivity contribution in [3.05, 3.63) is 35.4 Å². The van der Waals surface area contributed by atoms with Gasteiger partial charge in [0.1, 0.15) is 5.54 Å². The van der Waals surface area contributed by atoms with Crippen molar-refractivity contribution < 1.29 is 9.53 Å². The first-order valence-electron chi connectivity index (χ1n) is 7.05. The highest BCUT2D eigenvalue weighted by molar-refractivity contribution is 5.82. The maximum atomic E-state index is 12.1. The maximum absolute atomic E-state index is 12.1. The van der Waals surface area contributed by atoms with Gasteiger partial charge >= 0.3 is 5.97 Å². The Hall–Kier alpha value is -1.35. The van der Waals surface area contributed by atoms with E-state index in [1.165, 1.54) is 12.7 Å². The number of aryl methyl sites for hydroxylation is 1. The number of methoxy groups -OCH3 is 1. The van der Waals surface area contributed by atoms with Gasteiger partial charge in [0.05, 0.1) is 7.11 Å². The minimum absolute atomic E-state index is 0.220. The van der Waals surface area contributed by atoms with E-state index in [0.717, 1.165) is 31.2 Å². The van der Waals surface area contributed by atoms with Crippen LogP contribution >= 0.6 is 0 Å². The van der Waals surface area contributed by atoms with Crippen molar-refractivity contribution in [1.82, 2.24) is 5.32 Å². The van der Waals surface area contributed by atoms with Crippen molar-refractivity contribution >= 4 is 5.97 Å². The Kier molecular flexibility index (Phi) is 4.25. The molecule has 1 aromatic carbocycles. The van der Waals surface area contributed by atoms with Crippen LogP contribution in [-0.4, -0.2) is 19.1 Å². The molecule has 0 saturated heterocycles. The average molecular weight is 261 g/mol. The number of rotatable bonds is 6. The number of esters is 1. The Morgan fingerprint density at radius 3 is 2.47 bits per heavy atom. The third-order valence-electron chi connectivity index (χ3n) is 3.73. The van der Waals surface area contributed by atoms with E-state index in [9.17, 15) is 4.79 Å². The van der Waals surface area contributed by atoms with Gasteiger partial charge in [0.15, 0.2) is 0 Å². The first-order chi connectivity index (χ1) is 9.10. The van der Waals surface area contributed by atoms with Crippen LogP contribution in [0, 0.1) is 0 Å². The number of benzene rings is 1. The first-order valence-corrected chi connectivity index (χ1v) is 7.05. The monoisotopic (exact) mass is 261 g/mol. The highest BCUT2D eigenvalue weighted by Crippen LogP contribution is 2.29. The molecule has 3 nitrogen and oxygen atoms in total. The molecule has 0 heterocycles. The van der Waals surface area contributed by atoms with Crippen LogP contribution in [-0.2, 0) is 21.5 Å². The molecule has 0 spiro atoms. The molecule has 1 saturated carbocycles. The standard InChI is InChI=1S/C16H23NO2/c1-4-5-12-6-8-13(9-7-12)16(2,15(18)19-3)17-14-10-11-14/h6-9,14,17H,4-5,10-11H2,1-3H3. The summed E-state index contributed by atoms with van der Waals surface area (Å²) in [6, 6.07) is 8.73. The van der Waals surface area contributed by atoms with E-state index in [0.29, 0.717) is 6.04 Å². The van der Waals surface area contributed by atoms with Gasteiger partial charge in [0, 0.05) is 6.04 Å². The van der Waals surface area contributed by atoms with Gasteiger partial charge in [0.2, 0.25) is 0 Å². The largest absolute Gasteiger partial charge is 0.467 e. The fourth-order valence-corrected chi connectivity index (χ4v) is 2.39. The molecule has 0 aliphatic heterocycles. The molecule has 19 heavy (non-hydrogen) atoms. The predicted molar refractivity (Wildman–Crippen MR) is 76.0 cm³/mol. The fourth-order valence-electron chi connectivity index (χ4n) is 2.39. The smallest absolute Gasteiger partial charge is 0.330 e. The molecule has 0 amide bonds. The molecule has 1 aromatic rings. The van der Waals surface area contributed by atoms with Crippen LogP contribution in [0.15, 0.2) is 24.3 Å². The third kappa shape index (κ3) is 3.16. The van der Waals surface area contributed by atoms with E-state index in [-0.39, 0.29) is 5.97 Å². The lowest BCUT2D eigenvalue weighted by Gasteiger charge is -2.28. The molecule has 1 fully saturated rings. The van der Waals surface area contributed by atoms with Gasteiger partial charge in [-0.25, -0.2) is 4.79 Å². The minimum atomic E-state index is -0.735. The number of hydrogen-bond donors (Lipinski definition) is 1. The van der Waals surface area contributed by atoms with E-state index >= 15 is 0 Å². The van der Waals surface area contributed by atoms with Crippen LogP contribution in [0.4, 0.5) is 0 Å². The molecule has 0 bridgehead atoms. The Labute approximate surface area is 115 Å². The second-order valence-corrected chi connectivity index (χ2v) is 5.48. The van der Waals surface area contributed by atoms with Gasteiger partial charge in [-0.3, -0.25) is 5.32 Å². The van der Waals surface area contributed by atoms with Gasteiger partial charge in [0.25, 0.3) is 0 Å². The topological polar surface area (TPSA) is 38.3 Å². The molecule has 1 aliphatic carbocycles. The van der Waals surface area contributed by atoms with E-state index in [1.54, 1.807) is 0 Å². The third-order valence-corrected chi connectivity index (χ3v) is 3.73. The SMILES string of the molecule is CCCc1ccc(C(C)(NC2CC2)C(=O)OC)cc1. The van der Waals surface area contributed by atoms with Crippen molar-refractivity contribution in [1.29, 1.82) is 0 Å². The zero-order chi connectivity index (χ0) is 13.9. The molecule has 1 unspecified atom stereocenters. The van der Waals surface area contributed by atoms with Crippen LogP contribution in [0.5, 0.6) is 0 Å². The fraction of sp³-hybridized carbons (Fsp3) is 0.562. The second-order valence-electron chi connectivity index (χ2n) is 5.48. The molecule has 1 N–H and O–H groups in total. The lowest BCUT2D eigenvalue weighted by molar-refractivity contribution is -0.148. The van der Waals surface area contributed by atoms with E-state index in [4.69, 9.17) is 4.74 Å². The van der Waals surface area contributed by atoms with Crippen molar-refractivity contribution in [2.75, 3.05) is 7.11 Å². The van der Waals surface area contributed by atoms with Crippen molar-refractivity contribution in [3.63, 3.8) is 0 Å². The summed E-state index contributed by atoms with van der Waals surface area (Å²) in [6.07, 6.45) is 4.49. The van der Waals surface area contributed by atoms with Crippen molar-refractivity contribution in [3.8, 4) is 0 Å².